The van der Waals surface area contributed by atoms with E-state index in [0.29, 0.717) is 11.3 Å². The van der Waals surface area contributed by atoms with Gasteiger partial charge in [-0.1, -0.05) is 30.3 Å². The minimum absolute atomic E-state index is 0.0537. The van der Waals surface area contributed by atoms with E-state index in [1.807, 2.05) is 44.3 Å². The fourth-order valence-electron chi connectivity index (χ4n) is 2.53. The summed E-state index contributed by atoms with van der Waals surface area (Å²) in [6.07, 6.45) is 0. The first-order valence-corrected chi connectivity index (χ1v) is 6.90. The predicted molar refractivity (Wildman–Crippen MR) is 86.6 cm³/mol. The van der Waals surface area contributed by atoms with Crippen LogP contribution in [0, 0.1) is 6.92 Å². The van der Waals surface area contributed by atoms with Gasteiger partial charge in [0.1, 0.15) is 17.2 Å². The molecule has 0 fully saturated rings. The van der Waals surface area contributed by atoms with Crippen molar-refractivity contribution in [3.8, 4) is 33.9 Å². The summed E-state index contributed by atoms with van der Waals surface area (Å²) >= 11 is 0. The molecule has 0 saturated heterocycles. The number of phenols is 2. The Morgan fingerprint density at radius 2 is 1.73 bits per heavy atom. The monoisotopic (exact) mass is 295 g/mol. The van der Waals surface area contributed by atoms with E-state index in [-0.39, 0.29) is 17.2 Å². The number of hydrogen-bond donors (Lipinski definition) is 3. The highest BCUT2D eigenvalue weighted by molar-refractivity contribution is 5.87. The quantitative estimate of drug-likeness (QED) is 0.385. The van der Waals surface area contributed by atoms with E-state index >= 15 is 0 Å². The molecular formula is C17H17N3O2. The summed E-state index contributed by atoms with van der Waals surface area (Å²) in [7, 11) is 1.85. The molecule has 1 aromatic heterocycles. The van der Waals surface area contributed by atoms with Crippen molar-refractivity contribution in [1.82, 2.24) is 9.78 Å². The highest BCUT2D eigenvalue weighted by Gasteiger charge is 2.20. The Balaban J connectivity index is 2.29. The first kappa shape index (κ1) is 14.0. The third kappa shape index (κ3) is 2.16. The number of nitrogens with two attached hydrogens (primary N) is 1. The average molecular weight is 295 g/mol. The second-order valence-corrected chi connectivity index (χ2v) is 5.23. The molecule has 2 aromatic carbocycles. The molecule has 0 aliphatic rings. The Kier molecular flexibility index (Phi) is 3.25. The molecule has 0 saturated carbocycles. The summed E-state index contributed by atoms with van der Waals surface area (Å²) in [6, 6.07) is 12.6. The van der Waals surface area contributed by atoms with Crippen LogP contribution in [-0.2, 0) is 7.05 Å². The van der Waals surface area contributed by atoms with Gasteiger partial charge >= 0.3 is 0 Å². The van der Waals surface area contributed by atoms with Gasteiger partial charge in [-0.25, -0.2) is 0 Å². The standard InChI is InChI=1S/C17H17N3O2/c1-10-16(11-6-4-3-5-7-11)17(19-20(10)2)12-8-13(18)15(22)9-14(12)21/h3-9,21-22H,18H2,1-2H3. The van der Waals surface area contributed by atoms with Gasteiger partial charge in [0.2, 0.25) is 0 Å². The molecular weight excluding hydrogens is 278 g/mol. The Hall–Kier alpha value is -2.95. The maximum atomic E-state index is 10.2. The van der Waals surface area contributed by atoms with E-state index in [1.54, 1.807) is 10.7 Å². The highest BCUT2D eigenvalue weighted by Crippen LogP contribution is 2.41. The van der Waals surface area contributed by atoms with Crippen molar-refractivity contribution in [1.29, 1.82) is 0 Å². The van der Waals surface area contributed by atoms with Gasteiger partial charge in [-0.15, -0.1) is 0 Å². The van der Waals surface area contributed by atoms with Crippen LogP contribution in [-0.4, -0.2) is 20.0 Å². The van der Waals surface area contributed by atoms with Crippen LogP contribution in [0.15, 0.2) is 42.5 Å². The lowest BCUT2D eigenvalue weighted by atomic mass is 9.98. The summed E-state index contributed by atoms with van der Waals surface area (Å²) in [5.41, 5.74) is 10.0. The zero-order chi connectivity index (χ0) is 15.9. The van der Waals surface area contributed by atoms with E-state index in [9.17, 15) is 10.2 Å². The molecule has 22 heavy (non-hydrogen) atoms. The lowest BCUT2D eigenvalue weighted by molar-refractivity contribution is 0.453. The van der Waals surface area contributed by atoms with E-state index in [0.717, 1.165) is 16.8 Å². The molecule has 3 rings (SSSR count). The van der Waals surface area contributed by atoms with Gasteiger partial charge in [0, 0.05) is 29.9 Å². The largest absolute Gasteiger partial charge is 0.507 e. The van der Waals surface area contributed by atoms with Crippen LogP contribution in [0.1, 0.15) is 5.69 Å². The number of benzene rings is 2. The van der Waals surface area contributed by atoms with Crippen LogP contribution in [0.25, 0.3) is 22.4 Å². The Labute approximate surface area is 128 Å². The second kappa shape index (κ2) is 5.11. The SMILES string of the molecule is Cc1c(-c2ccccc2)c(-c2cc(N)c(O)cc2O)nn1C. The van der Waals surface area contributed by atoms with Gasteiger partial charge in [0.15, 0.2) is 0 Å². The van der Waals surface area contributed by atoms with Crippen molar-refractivity contribution in [3.05, 3.63) is 48.2 Å². The molecule has 0 aliphatic carbocycles. The number of hydrogen-bond acceptors (Lipinski definition) is 4. The number of aryl methyl sites for hydroxylation is 1. The lowest BCUT2D eigenvalue weighted by Gasteiger charge is -2.08. The normalized spacial score (nSPS) is 10.8. The molecule has 0 radical (unpaired) electrons. The zero-order valence-corrected chi connectivity index (χ0v) is 12.4. The van der Waals surface area contributed by atoms with Gasteiger partial charge in [0.05, 0.1) is 5.69 Å². The molecule has 112 valence electrons. The fourth-order valence-corrected chi connectivity index (χ4v) is 2.53. The molecule has 0 atom stereocenters. The van der Waals surface area contributed by atoms with Crippen LogP contribution >= 0.6 is 0 Å². The first-order chi connectivity index (χ1) is 10.5. The fraction of sp³-hybridized carbons (Fsp3) is 0.118. The van der Waals surface area contributed by atoms with Crippen molar-refractivity contribution in [3.63, 3.8) is 0 Å². The third-order valence-corrected chi connectivity index (χ3v) is 3.80. The zero-order valence-electron chi connectivity index (χ0n) is 12.4. The van der Waals surface area contributed by atoms with Crippen LogP contribution in [0.3, 0.4) is 0 Å². The summed E-state index contributed by atoms with van der Waals surface area (Å²) in [4.78, 5) is 0. The summed E-state index contributed by atoms with van der Waals surface area (Å²) in [5, 5.41) is 24.3. The minimum atomic E-state index is -0.143. The van der Waals surface area contributed by atoms with Crippen molar-refractivity contribution in [2.24, 2.45) is 7.05 Å². The number of aromatic hydroxyl groups is 2. The van der Waals surface area contributed by atoms with Crippen LogP contribution in [0.4, 0.5) is 5.69 Å². The molecule has 1 heterocycles. The number of rotatable bonds is 2. The minimum Gasteiger partial charge on any atom is -0.507 e. The topological polar surface area (TPSA) is 84.3 Å². The molecule has 0 bridgehead atoms. The highest BCUT2D eigenvalue weighted by atomic mass is 16.3. The third-order valence-electron chi connectivity index (χ3n) is 3.80. The van der Waals surface area contributed by atoms with Gasteiger partial charge in [-0.05, 0) is 18.6 Å². The number of aromatic nitrogens is 2. The molecule has 5 nitrogen and oxygen atoms in total. The number of nitrogen functional groups attached to an aromatic ring is 1. The maximum Gasteiger partial charge on any atom is 0.142 e. The van der Waals surface area contributed by atoms with E-state index < -0.39 is 0 Å². The average Bonchev–Trinajstić information content (AvgIpc) is 2.79. The van der Waals surface area contributed by atoms with Crippen molar-refractivity contribution in [2.75, 3.05) is 5.73 Å². The van der Waals surface area contributed by atoms with E-state index in [4.69, 9.17) is 5.73 Å². The van der Waals surface area contributed by atoms with E-state index in [1.165, 1.54) is 6.07 Å². The van der Waals surface area contributed by atoms with Crippen LogP contribution in [0.2, 0.25) is 0 Å². The number of anilines is 1. The Bertz CT molecular complexity index is 839. The summed E-state index contributed by atoms with van der Waals surface area (Å²) < 4.78 is 1.76. The lowest BCUT2D eigenvalue weighted by Crippen LogP contribution is -1.93. The maximum absolute atomic E-state index is 10.2. The van der Waals surface area contributed by atoms with Crippen molar-refractivity contribution in [2.45, 2.75) is 6.92 Å². The van der Waals surface area contributed by atoms with Crippen molar-refractivity contribution >= 4 is 5.69 Å². The molecule has 0 spiro atoms. The summed E-state index contributed by atoms with van der Waals surface area (Å²) in [6.45, 7) is 1.97. The molecule has 3 aromatic rings. The Morgan fingerprint density at radius 1 is 1.05 bits per heavy atom. The van der Waals surface area contributed by atoms with Gasteiger partial charge in [-0.2, -0.15) is 5.10 Å². The number of phenolic OH excluding ortho intramolecular Hbond substituents is 2. The molecule has 5 heteroatoms. The number of nitrogens with zero attached hydrogens (tertiary/aromatic N) is 2. The molecule has 0 unspecified atom stereocenters. The van der Waals surface area contributed by atoms with E-state index in [2.05, 4.69) is 5.10 Å². The van der Waals surface area contributed by atoms with Crippen LogP contribution in [0.5, 0.6) is 11.5 Å². The molecule has 0 aliphatic heterocycles. The van der Waals surface area contributed by atoms with Gasteiger partial charge in [0.25, 0.3) is 0 Å². The molecule has 0 amide bonds. The van der Waals surface area contributed by atoms with Crippen LogP contribution < -0.4 is 5.73 Å². The Morgan fingerprint density at radius 3 is 2.41 bits per heavy atom. The first-order valence-electron chi connectivity index (χ1n) is 6.90. The second-order valence-electron chi connectivity index (χ2n) is 5.23. The molecule has 4 N–H and O–H groups in total. The smallest absolute Gasteiger partial charge is 0.142 e. The predicted octanol–water partition coefficient (Wildman–Crippen LogP) is 3.06. The van der Waals surface area contributed by atoms with Gasteiger partial charge in [-0.3, -0.25) is 4.68 Å². The van der Waals surface area contributed by atoms with Gasteiger partial charge < -0.3 is 15.9 Å². The van der Waals surface area contributed by atoms with Crippen molar-refractivity contribution < 1.29 is 10.2 Å². The summed E-state index contributed by atoms with van der Waals surface area (Å²) in [5.74, 6) is -0.197.